The molecule has 0 aliphatic heterocycles. The highest BCUT2D eigenvalue weighted by atomic mass is 32.1. The summed E-state index contributed by atoms with van der Waals surface area (Å²) in [5, 5.41) is 16.2. The van der Waals surface area contributed by atoms with Crippen molar-refractivity contribution in [3.05, 3.63) is 21.9 Å². The van der Waals surface area contributed by atoms with Gasteiger partial charge in [0.15, 0.2) is 0 Å². The molecule has 1 unspecified atom stereocenters. The summed E-state index contributed by atoms with van der Waals surface area (Å²) in [5.41, 5.74) is 1.07. The molecule has 3 rings (SSSR count). The Morgan fingerprint density at radius 1 is 1.35 bits per heavy atom. The van der Waals surface area contributed by atoms with Gasteiger partial charge in [-0.05, 0) is 49.1 Å². The molecule has 0 saturated heterocycles. The van der Waals surface area contributed by atoms with Crippen LogP contribution in [0.1, 0.15) is 55.0 Å². The molecule has 0 radical (unpaired) electrons. The number of rotatable bonds is 3. The zero-order chi connectivity index (χ0) is 11.7. The summed E-state index contributed by atoms with van der Waals surface area (Å²) in [6.45, 7) is 0.771. The van der Waals surface area contributed by atoms with Crippen LogP contribution >= 0.6 is 11.3 Å². The standard InChI is InChI=1S/C14H21NOS/c16-14(7-1-2-8-14)10-15-12-4-3-5-13-11(12)6-9-17-13/h6,9,12,15-16H,1-5,7-8,10H2. The van der Waals surface area contributed by atoms with E-state index in [1.54, 1.807) is 4.88 Å². The fourth-order valence-corrected chi connectivity index (χ4v) is 4.21. The van der Waals surface area contributed by atoms with Crippen LogP contribution in [0.4, 0.5) is 0 Å². The predicted octanol–water partition coefficient (Wildman–Crippen LogP) is 3.02. The molecule has 1 atom stereocenters. The van der Waals surface area contributed by atoms with Gasteiger partial charge in [-0.25, -0.2) is 0 Å². The van der Waals surface area contributed by atoms with Crippen LogP contribution in [0.2, 0.25) is 0 Å². The number of hydrogen-bond acceptors (Lipinski definition) is 3. The van der Waals surface area contributed by atoms with Gasteiger partial charge >= 0.3 is 0 Å². The van der Waals surface area contributed by atoms with E-state index in [4.69, 9.17) is 0 Å². The van der Waals surface area contributed by atoms with Crippen molar-refractivity contribution in [2.24, 2.45) is 0 Å². The van der Waals surface area contributed by atoms with Crippen LogP contribution in [-0.2, 0) is 6.42 Å². The van der Waals surface area contributed by atoms with Crippen LogP contribution in [0.5, 0.6) is 0 Å². The van der Waals surface area contributed by atoms with Gasteiger partial charge in [-0.2, -0.15) is 0 Å². The second kappa shape index (κ2) is 4.71. The van der Waals surface area contributed by atoms with E-state index in [-0.39, 0.29) is 0 Å². The third-order valence-electron chi connectivity index (χ3n) is 4.26. The zero-order valence-corrected chi connectivity index (χ0v) is 11.1. The molecule has 1 fully saturated rings. The van der Waals surface area contributed by atoms with Crippen LogP contribution in [0.15, 0.2) is 11.4 Å². The lowest BCUT2D eigenvalue weighted by atomic mass is 9.93. The molecule has 1 aromatic rings. The fourth-order valence-electron chi connectivity index (χ4n) is 3.22. The number of aryl methyl sites for hydroxylation is 1. The summed E-state index contributed by atoms with van der Waals surface area (Å²) < 4.78 is 0. The quantitative estimate of drug-likeness (QED) is 0.865. The van der Waals surface area contributed by atoms with E-state index >= 15 is 0 Å². The largest absolute Gasteiger partial charge is 0.389 e. The van der Waals surface area contributed by atoms with Crippen LogP contribution in [-0.4, -0.2) is 17.3 Å². The third-order valence-corrected chi connectivity index (χ3v) is 5.26. The van der Waals surface area contributed by atoms with Gasteiger partial charge in [0.25, 0.3) is 0 Å². The summed E-state index contributed by atoms with van der Waals surface area (Å²) in [7, 11) is 0. The Morgan fingerprint density at radius 3 is 3.00 bits per heavy atom. The first kappa shape index (κ1) is 11.7. The summed E-state index contributed by atoms with van der Waals surface area (Å²) in [6.07, 6.45) is 8.07. The van der Waals surface area contributed by atoms with Crippen molar-refractivity contribution in [1.29, 1.82) is 0 Å². The molecule has 1 saturated carbocycles. The molecule has 2 N–H and O–H groups in total. The highest BCUT2D eigenvalue weighted by molar-refractivity contribution is 7.10. The molecule has 1 heterocycles. The first-order valence-corrected chi connectivity index (χ1v) is 7.67. The average molecular weight is 251 g/mol. The monoisotopic (exact) mass is 251 g/mol. The summed E-state index contributed by atoms with van der Waals surface area (Å²) in [5.74, 6) is 0. The molecule has 2 aliphatic carbocycles. The lowest BCUT2D eigenvalue weighted by Crippen LogP contribution is -2.40. The Balaban J connectivity index is 1.63. The molecule has 0 bridgehead atoms. The molecule has 3 heteroatoms. The Hall–Kier alpha value is -0.380. The Bertz CT molecular complexity index is 381. The molecule has 1 aromatic heterocycles. The van der Waals surface area contributed by atoms with Crippen LogP contribution in [0, 0.1) is 0 Å². The predicted molar refractivity (Wildman–Crippen MR) is 71.4 cm³/mol. The van der Waals surface area contributed by atoms with Crippen molar-refractivity contribution in [2.45, 2.75) is 56.6 Å². The van der Waals surface area contributed by atoms with E-state index < -0.39 is 5.60 Å². The van der Waals surface area contributed by atoms with Gasteiger partial charge in [0, 0.05) is 17.5 Å². The molecule has 94 valence electrons. The van der Waals surface area contributed by atoms with E-state index in [0.29, 0.717) is 6.04 Å². The Morgan fingerprint density at radius 2 is 2.18 bits per heavy atom. The number of thiophene rings is 1. The second-order valence-electron chi connectivity index (χ2n) is 5.56. The topological polar surface area (TPSA) is 32.3 Å². The Labute approximate surface area is 107 Å². The Kier molecular flexibility index (Phi) is 3.24. The minimum Gasteiger partial charge on any atom is -0.389 e. The van der Waals surface area contributed by atoms with Gasteiger partial charge in [0.1, 0.15) is 0 Å². The summed E-state index contributed by atoms with van der Waals surface area (Å²) in [4.78, 5) is 1.55. The smallest absolute Gasteiger partial charge is 0.0771 e. The minimum absolute atomic E-state index is 0.423. The molecule has 2 nitrogen and oxygen atoms in total. The molecule has 0 amide bonds. The van der Waals surface area contributed by atoms with E-state index in [0.717, 1.165) is 19.4 Å². The molecular formula is C14H21NOS. The lowest BCUT2D eigenvalue weighted by molar-refractivity contribution is 0.0442. The highest BCUT2D eigenvalue weighted by Gasteiger charge is 2.32. The summed E-state index contributed by atoms with van der Waals surface area (Å²) in [6, 6.07) is 2.74. The SMILES string of the molecule is OC1(CNC2CCCc3sccc32)CCCC1. The van der Waals surface area contributed by atoms with Crippen LogP contribution < -0.4 is 5.32 Å². The maximum atomic E-state index is 10.4. The van der Waals surface area contributed by atoms with Crippen molar-refractivity contribution in [3.8, 4) is 0 Å². The first-order valence-electron chi connectivity index (χ1n) is 6.79. The van der Waals surface area contributed by atoms with E-state index in [1.165, 1.54) is 37.7 Å². The zero-order valence-electron chi connectivity index (χ0n) is 10.2. The number of fused-ring (bicyclic) bond motifs is 1. The van der Waals surface area contributed by atoms with Crippen molar-refractivity contribution in [1.82, 2.24) is 5.32 Å². The highest BCUT2D eigenvalue weighted by Crippen LogP contribution is 2.34. The number of aliphatic hydroxyl groups is 1. The number of hydrogen-bond donors (Lipinski definition) is 2. The molecular weight excluding hydrogens is 230 g/mol. The molecule has 17 heavy (non-hydrogen) atoms. The third kappa shape index (κ3) is 2.42. The first-order chi connectivity index (χ1) is 8.27. The molecule has 0 spiro atoms. The van der Waals surface area contributed by atoms with Gasteiger partial charge in [-0.15, -0.1) is 11.3 Å². The van der Waals surface area contributed by atoms with Crippen molar-refractivity contribution in [2.75, 3.05) is 6.54 Å². The summed E-state index contributed by atoms with van der Waals surface area (Å²) >= 11 is 1.88. The van der Waals surface area contributed by atoms with Crippen LogP contribution in [0.3, 0.4) is 0 Å². The number of nitrogens with one attached hydrogen (secondary N) is 1. The van der Waals surface area contributed by atoms with Gasteiger partial charge < -0.3 is 10.4 Å². The van der Waals surface area contributed by atoms with Gasteiger partial charge in [0.2, 0.25) is 0 Å². The van der Waals surface area contributed by atoms with E-state index in [9.17, 15) is 5.11 Å². The molecule has 0 aromatic carbocycles. The molecule has 2 aliphatic rings. The van der Waals surface area contributed by atoms with E-state index in [1.807, 2.05) is 11.3 Å². The van der Waals surface area contributed by atoms with Gasteiger partial charge in [-0.1, -0.05) is 12.8 Å². The van der Waals surface area contributed by atoms with Crippen molar-refractivity contribution in [3.63, 3.8) is 0 Å². The van der Waals surface area contributed by atoms with Gasteiger partial charge in [0.05, 0.1) is 5.60 Å². The maximum absolute atomic E-state index is 10.4. The maximum Gasteiger partial charge on any atom is 0.0771 e. The fraction of sp³-hybridized carbons (Fsp3) is 0.714. The minimum atomic E-state index is -0.423. The second-order valence-corrected chi connectivity index (χ2v) is 6.56. The average Bonchev–Trinajstić information content (AvgIpc) is 2.95. The van der Waals surface area contributed by atoms with E-state index in [2.05, 4.69) is 16.8 Å². The normalized spacial score (nSPS) is 27.0. The van der Waals surface area contributed by atoms with Gasteiger partial charge in [-0.3, -0.25) is 0 Å². The van der Waals surface area contributed by atoms with Crippen molar-refractivity contribution >= 4 is 11.3 Å². The lowest BCUT2D eigenvalue weighted by Gasteiger charge is -2.29. The van der Waals surface area contributed by atoms with Crippen LogP contribution in [0.25, 0.3) is 0 Å². The van der Waals surface area contributed by atoms with Crippen molar-refractivity contribution < 1.29 is 5.11 Å².